The lowest BCUT2D eigenvalue weighted by Crippen LogP contribution is -2.34. The first-order chi connectivity index (χ1) is 18.1. The molecule has 1 aliphatic heterocycles. The van der Waals surface area contributed by atoms with Gasteiger partial charge in [-0.1, -0.05) is 67.0 Å². The van der Waals surface area contributed by atoms with Crippen molar-refractivity contribution < 1.29 is 4.52 Å². The number of nitrogens with zero attached hydrogens (tertiary/aromatic N) is 5. The topological polar surface area (TPSA) is 100 Å². The Balaban J connectivity index is 1.38. The summed E-state index contributed by atoms with van der Waals surface area (Å²) in [6.45, 7) is 5.81. The van der Waals surface area contributed by atoms with Crippen LogP contribution in [0.5, 0.6) is 0 Å². The highest BCUT2D eigenvalue weighted by Gasteiger charge is 2.20. The van der Waals surface area contributed by atoms with Crippen molar-refractivity contribution in [3.8, 4) is 22.5 Å². The van der Waals surface area contributed by atoms with E-state index in [4.69, 9.17) is 9.52 Å². The molecule has 0 saturated carbocycles. The molecule has 0 unspecified atom stereocenters. The van der Waals surface area contributed by atoms with Gasteiger partial charge < -0.3 is 4.90 Å². The maximum atomic E-state index is 11.5. The zero-order valence-corrected chi connectivity index (χ0v) is 21.1. The third-order valence-corrected chi connectivity index (χ3v) is 6.59. The minimum atomic E-state index is -0.564. The fraction of sp³-hybridized carbons (Fsp3) is 0.276. The maximum absolute atomic E-state index is 11.5. The molecule has 0 aliphatic carbocycles. The number of hydrogen-bond donors (Lipinski definition) is 1. The molecule has 37 heavy (non-hydrogen) atoms. The minimum absolute atomic E-state index is 0.425. The Hall–Kier alpha value is -4.33. The molecule has 8 nitrogen and oxygen atoms in total. The number of benzene rings is 2. The highest BCUT2D eigenvalue weighted by molar-refractivity contribution is 5.82. The molecule has 0 radical (unpaired) electrons. The van der Waals surface area contributed by atoms with Crippen LogP contribution in [-0.4, -0.2) is 37.4 Å². The summed E-state index contributed by atoms with van der Waals surface area (Å²) in [6.07, 6.45) is 9.33. The number of hydrogen-bond acceptors (Lipinski definition) is 7. The number of nitrogens with one attached hydrogen (secondary N) is 1. The summed E-state index contributed by atoms with van der Waals surface area (Å²) < 4.78 is 4.72. The van der Waals surface area contributed by atoms with Crippen molar-refractivity contribution in [1.82, 2.24) is 25.0 Å². The van der Waals surface area contributed by atoms with Crippen LogP contribution in [0.2, 0.25) is 0 Å². The smallest absolute Gasteiger partial charge is 0.350 e. The van der Waals surface area contributed by atoms with Crippen LogP contribution >= 0.6 is 0 Å². The van der Waals surface area contributed by atoms with E-state index in [-0.39, 0.29) is 0 Å². The van der Waals surface area contributed by atoms with Crippen LogP contribution in [0.3, 0.4) is 0 Å². The molecule has 0 atom stereocenters. The normalized spacial score (nSPS) is 13.7. The molecule has 0 saturated heterocycles. The predicted octanol–water partition coefficient (Wildman–Crippen LogP) is 5.41. The summed E-state index contributed by atoms with van der Waals surface area (Å²) in [5.41, 5.74) is 7.57. The number of aliphatic imine (C=N–C) groups is 1. The van der Waals surface area contributed by atoms with Crippen molar-refractivity contribution in [3.05, 3.63) is 100 Å². The average molecular weight is 495 g/mol. The minimum Gasteiger partial charge on any atom is -0.350 e. The molecule has 0 fully saturated rings. The number of unbranched alkanes of at least 4 members (excludes halogenated alkanes) is 1. The van der Waals surface area contributed by atoms with Crippen molar-refractivity contribution in [2.45, 2.75) is 46.1 Å². The molecule has 2 aromatic carbocycles. The van der Waals surface area contributed by atoms with E-state index >= 15 is 0 Å². The predicted molar refractivity (Wildman–Crippen MR) is 144 cm³/mol. The van der Waals surface area contributed by atoms with Gasteiger partial charge in [-0.05, 0) is 48.4 Å². The lowest BCUT2D eigenvalue weighted by atomic mass is 9.95. The van der Waals surface area contributed by atoms with Crippen molar-refractivity contribution in [2.24, 2.45) is 4.99 Å². The third kappa shape index (κ3) is 5.74. The number of aromatic amines is 1. The number of H-pyrrole nitrogens is 1. The number of amidine groups is 1. The monoisotopic (exact) mass is 494 g/mol. The van der Waals surface area contributed by atoms with Crippen molar-refractivity contribution in [1.29, 1.82) is 0 Å². The molecule has 5 rings (SSSR count). The summed E-state index contributed by atoms with van der Waals surface area (Å²) in [7, 11) is 0. The standard InChI is InChI=1S/C29H30N6O2/c1-3-4-9-27-23(18-35(20(2)32-27)19-24-17-30-14-15-31-24)16-21-10-12-22(13-11-21)25-7-5-6-8-26(25)28-33-29(36)37-34-28/h5-8,10-15,17H,3-4,9,16,18-19H2,1-2H3,(H,33,34,36). The highest BCUT2D eigenvalue weighted by Crippen LogP contribution is 2.31. The molecule has 0 spiro atoms. The summed E-state index contributed by atoms with van der Waals surface area (Å²) >= 11 is 0. The Kier molecular flexibility index (Phi) is 7.35. The van der Waals surface area contributed by atoms with Crippen LogP contribution < -0.4 is 5.76 Å². The van der Waals surface area contributed by atoms with Gasteiger partial charge in [0.2, 0.25) is 0 Å². The largest absolute Gasteiger partial charge is 0.439 e. The molecule has 2 aromatic heterocycles. The van der Waals surface area contributed by atoms with E-state index in [9.17, 15) is 4.79 Å². The molecule has 188 valence electrons. The first kappa shape index (κ1) is 24.4. The van der Waals surface area contributed by atoms with E-state index in [2.05, 4.69) is 63.1 Å². The lowest BCUT2D eigenvalue weighted by Gasteiger charge is -2.30. The van der Waals surface area contributed by atoms with Crippen LogP contribution in [-0.2, 0) is 13.0 Å². The van der Waals surface area contributed by atoms with Gasteiger partial charge in [0.1, 0.15) is 5.84 Å². The molecule has 1 aliphatic rings. The Labute approximate surface area is 215 Å². The van der Waals surface area contributed by atoms with Gasteiger partial charge in [-0.25, -0.2) is 9.79 Å². The van der Waals surface area contributed by atoms with E-state index in [0.717, 1.165) is 60.4 Å². The van der Waals surface area contributed by atoms with Gasteiger partial charge in [-0.3, -0.25) is 19.5 Å². The third-order valence-electron chi connectivity index (χ3n) is 6.59. The second kappa shape index (κ2) is 11.2. The zero-order chi connectivity index (χ0) is 25.6. The second-order valence-electron chi connectivity index (χ2n) is 9.23. The molecular weight excluding hydrogens is 464 g/mol. The van der Waals surface area contributed by atoms with E-state index in [0.29, 0.717) is 12.4 Å². The van der Waals surface area contributed by atoms with Crippen LogP contribution in [0, 0.1) is 0 Å². The highest BCUT2D eigenvalue weighted by atomic mass is 16.5. The van der Waals surface area contributed by atoms with E-state index < -0.39 is 5.76 Å². The summed E-state index contributed by atoms with van der Waals surface area (Å²) in [5.74, 6) is 0.887. The summed E-state index contributed by atoms with van der Waals surface area (Å²) in [4.78, 5) is 30.1. The fourth-order valence-electron chi connectivity index (χ4n) is 4.63. The average Bonchev–Trinajstić information content (AvgIpc) is 3.36. The van der Waals surface area contributed by atoms with Gasteiger partial charge in [-0.2, -0.15) is 0 Å². The Morgan fingerprint density at radius 2 is 1.86 bits per heavy atom. The quantitative estimate of drug-likeness (QED) is 0.334. The molecule has 0 amide bonds. The van der Waals surface area contributed by atoms with E-state index in [1.165, 1.54) is 16.8 Å². The molecule has 4 aromatic rings. The van der Waals surface area contributed by atoms with Crippen LogP contribution in [0.4, 0.5) is 0 Å². The van der Waals surface area contributed by atoms with Crippen LogP contribution in [0.15, 0.2) is 92.7 Å². The summed E-state index contributed by atoms with van der Waals surface area (Å²) in [5, 5.41) is 3.87. The van der Waals surface area contributed by atoms with Gasteiger partial charge in [0.15, 0.2) is 5.82 Å². The number of rotatable bonds is 9. The first-order valence-electron chi connectivity index (χ1n) is 12.6. The maximum Gasteiger partial charge on any atom is 0.439 e. The number of allylic oxidation sites excluding steroid dienone is 1. The van der Waals surface area contributed by atoms with Gasteiger partial charge in [0.05, 0.1) is 18.4 Å². The van der Waals surface area contributed by atoms with Crippen LogP contribution in [0.25, 0.3) is 22.5 Å². The summed E-state index contributed by atoms with van der Waals surface area (Å²) in [6, 6.07) is 16.4. The molecule has 1 N–H and O–H groups in total. The van der Waals surface area contributed by atoms with Gasteiger partial charge in [-0.15, -0.1) is 0 Å². The molecule has 8 heteroatoms. The second-order valence-corrected chi connectivity index (χ2v) is 9.23. The fourth-order valence-corrected chi connectivity index (χ4v) is 4.63. The Morgan fingerprint density at radius 1 is 1.05 bits per heavy atom. The zero-order valence-electron chi connectivity index (χ0n) is 21.1. The molecule has 0 bridgehead atoms. The molecule has 3 heterocycles. The van der Waals surface area contributed by atoms with Gasteiger partial charge >= 0.3 is 5.76 Å². The van der Waals surface area contributed by atoms with Gasteiger partial charge in [0.25, 0.3) is 0 Å². The van der Waals surface area contributed by atoms with E-state index in [1.54, 1.807) is 12.4 Å². The van der Waals surface area contributed by atoms with Crippen LogP contribution in [0.1, 0.15) is 44.4 Å². The van der Waals surface area contributed by atoms with Crippen molar-refractivity contribution >= 4 is 5.84 Å². The molecular formula is C29H30N6O2. The first-order valence-corrected chi connectivity index (χ1v) is 12.6. The van der Waals surface area contributed by atoms with Crippen molar-refractivity contribution in [3.63, 3.8) is 0 Å². The SMILES string of the molecule is CCCCC1=C(Cc2ccc(-c3ccccc3-c3noc(=O)[nH]3)cc2)CN(Cc2cnccn2)C(C)=N1. The Bertz CT molecular complexity index is 1470. The van der Waals surface area contributed by atoms with Gasteiger partial charge in [0, 0.05) is 30.2 Å². The van der Waals surface area contributed by atoms with E-state index in [1.807, 2.05) is 30.5 Å². The Morgan fingerprint density at radius 3 is 2.57 bits per heavy atom. The number of aromatic nitrogens is 4. The lowest BCUT2D eigenvalue weighted by molar-refractivity contribution is 0.388. The van der Waals surface area contributed by atoms with Crippen molar-refractivity contribution in [2.75, 3.05) is 6.54 Å².